The molecule has 198 valence electrons. The van der Waals surface area contributed by atoms with Gasteiger partial charge in [-0.05, 0) is 50.3 Å². The first-order valence-electron chi connectivity index (χ1n) is 10.9. The molecule has 0 bridgehead atoms. The molecule has 1 aliphatic carbocycles. The van der Waals surface area contributed by atoms with Crippen LogP contribution in [0.3, 0.4) is 0 Å². The van der Waals surface area contributed by atoms with Gasteiger partial charge in [0.1, 0.15) is 17.8 Å². The maximum absolute atomic E-state index is 12.8. The fraction of sp³-hybridized carbons (Fsp3) is 0.417. The third-order valence-corrected chi connectivity index (χ3v) is 6.01. The number of aromatic nitrogens is 4. The molecule has 9 nitrogen and oxygen atoms in total. The summed E-state index contributed by atoms with van der Waals surface area (Å²) in [7, 11) is 0. The maximum Gasteiger partial charge on any atom is 0.272 e. The molecule has 2 heterocycles. The summed E-state index contributed by atoms with van der Waals surface area (Å²) in [5.74, 6) is 0.694. The number of hydrogen-bond donors (Lipinski definition) is 4. The second-order valence-corrected chi connectivity index (χ2v) is 8.72. The van der Waals surface area contributed by atoms with Crippen LogP contribution in [0, 0.1) is 6.92 Å². The van der Waals surface area contributed by atoms with E-state index in [9.17, 15) is 15.0 Å². The zero-order chi connectivity index (χ0) is 23.4. The standard InChI is InChI=1S/C23H27ClN6O3.CH4.2H2S/c1-14-10-25-23(27-17-5-7-18(32)8-6-17)29-21(14)30-11-19(26-13-30)22(33)28-20(12-31)15-3-2-4-16(24)9-15;;;/h2-4,9-11,13,17-18,20,31-32H,5-8,12H2,1H3,(H,28,33)(H,25,27,29);1H4;2*1H2/t17?,18?,20-;;;/m1.../s1. The van der Waals surface area contributed by atoms with E-state index in [0.29, 0.717) is 22.4 Å². The summed E-state index contributed by atoms with van der Waals surface area (Å²) in [5, 5.41) is 26.1. The number of anilines is 1. The van der Waals surface area contributed by atoms with Crippen molar-refractivity contribution < 1.29 is 15.0 Å². The number of halogens is 1. The highest BCUT2D eigenvalue weighted by Gasteiger charge is 2.21. The van der Waals surface area contributed by atoms with Crippen LogP contribution in [0.4, 0.5) is 5.95 Å². The Bertz CT molecular complexity index is 1120. The van der Waals surface area contributed by atoms with E-state index in [2.05, 4.69) is 25.6 Å². The minimum atomic E-state index is -0.605. The third kappa shape index (κ3) is 7.84. The summed E-state index contributed by atoms with van der Waals surface area (Å²) in [6.07, 6.45) is 7.88. The fourth-order valence-electron chi connectivity index (χ4n) is 3.91. The first-order chi connectivity index (χ1) is 15.9. The molecule has 4 N–H and O–H groups in total. The van der Waals surface area contributed by atoms with E-state index in [0.717, 1.165) is 31.2 Å². The van der Waals surface area contributed by atoms with Crippen molar-refractivity contribution in [2.24, 2.45) is 0 Å². The van der Waals surface area contributed by atoms with Crippen molar-refractivity contribution in [2.75, 3.05) is 11.9 Å². The molecule has 1 aromatic carbocycles. The van der Waals surface area contributed by atoms with Crippen molar-refractivity contribution in [1.29, 1.82) is 0 Å². The highest BCUT2D eigenvalue weighted by atomic mass is 35.5. The molecule has 36 heavy (non-hydrogen) atoms. The first-order valence-corrected chi connectivity index (χ1v) is 11.3. The second-order valence-electron chi connectivity index (χ2n) is 8.28. The van der Waals surface area contributed by atoms with Crippen LogP contribution in [-0.2, 0) is 0 Å². The summed E-state index contributed by atoms with van der Waals surface area (Å²) in [6.45, 7) is 1.61. The van der Waals surface area contributed by atoms with Gasteiger partial charge in [0.05, 0.1) is 18.8 Å². The van der Waals surface area contributed by atoms with E-state index in [1.165, 1.54) is 6.33 Å². The zero-order valence-corrected chi connectivity index (χ0v) is 22.0. The van der Waals surface area contributed by atoms with Crippen molar-refractivity contribution >= 4 is 50.4 Å². The topological polar surface area (TPSA) is 125 Å². The predicted molar refractivity (Wildman–Crippen MR) is 152 cm³/mol. The predicted octanol–water partition coefficient (Wildman–Crippen LogP) is 3.66. The maximum atomic E-state index is 12.8. The highest BCUT2D eigenvalue weighted by Crippen LogP contribution is 2.22. The number of nitrogens with zero attached hydrogens (tertiary/aromatic N) is 4. The van der Waals surface area contributed by atoms with Gasteiger partial charge in [0, 0.05) is 29.0 Å². The Morgan fingerprint density at radius 2 is 1.94 bits per heavy atom. The van der Waals surface area contributed by atoms with Gasteiger partial charge in [-0.3, -0.25) is 9.36 Å². The largest absolute Gasteiger partial charge is 0.394 e. The third-order valence-electron chi connectivity index (χ3n) is 5.77. The molecule has 0 spiro atoms. The summed E-state index contributed by atoms with van der Waals surface area (Å²) < 4.78 is 1.68. The van der Waals surface area contributed by atoms with Crippen molar-refractivity contribution in [2.45, 2.75) is 58.2 Å². The van der Waals surface area contributed by atoms with Crippen LogP contribution in [0.5, 0.6) is 0 Å². The van der Waals surface area contributed by atoms with Crippen LogP contribution < -0.4 is 10.6 Å². The second kappa shape index (κ2) is 14.4. The van der Waals surface area contributed by atoms with E-state index < -0.39 is 11.9 Å². The average molecular weight is 555 g/mol. The van der Waals surface area contributed by atoms with Crippen molar-refractivity contribution in [3.05, 3.63) is 64.8 Å². The Balaban J connectivity index is 0.00000216. The van der Waals surface area contributed by atoms with Crippen LogP contribution in [-0.4, -0.2) is 54.4 Å². The number of imidazole rings is 1. The van der Waals surface area contributed by atoms with Gasteiger partial charge in [-0.1, -0.05) is 31.2 Å². The van der Waals surface area contributed by atoms with Crippen molar-refractivity contribution in [1.82, 2.24) is 24.8 Å². The van der Waals surface area contributed by atoms with Crippen LogP contribution in [0.2, 0.25) is 5.02 Å². The molecule has 1 amide bonds. The molecule has 3 aromatic rings. The van der Waals surface area contributed by atoms with E-state index in [-0.39, 0.29) is 58.9 Å². The van der Waals surface area contributed by atoms with Gasteiger partial charge in [-0.25, -0.2) is 9.97 Å². The number of aryl methyl sites for hydroxylation is 1. The molecule has 4 rings (SSSR count). The Morgan fingerprint density at radius 3 is 2.61 bits per heavy atom. The molecule has 0 saturated heterocycles. The zero-order valence-electron chi connectivity index (χ0n) is 19.3. The molecule has 2 aromatic heterocycles. The molecule has 1 saturated carbocycles. The molecule has 1 atom stereocenters. The van der Waals surface area contributed by atoms with Gasteiger partial charge in [0.2, 0.25) is 5.95 Å². The van der Waals surface area contributed by atoms with Crippen molar-refractivity contribution in [3.8, 4) is 5.82 Å². The average Bonchev–Trinajstić information content (AvgIpc) is 3.30. The minimum absolute atomic E-state index is 0. The van der Waals surface area contributed by atoms with Gasteiger partial charge in [-0.2, -0.15) is 32.0 Å². The SMILES string of the molecule is C.Cc1cnc(NC2CCC(O)CC2)nc1-n1cnc(C(=O)N[C@H](CO)c2cccc(Cl)c2)c1.S.S. The number of aliphatic hydroxyl groups excluding tert-OH is 2. The Hall–Kier alpha value is -2.31. The van der Waals surface area contributed by atoms with Gasteiger partial charge in [0.15, 0.2) is 0 Å². The van der Waals surface area contributed by atoms with E-state index in [1.54, 1.807) is 41.2 Å². The van der Waals surface area contributed by atoms with Crippen LogP contribution >= 0.6 is 38.6 Å². The summed E-state index contributed by atoms with van der Waals surface area (Å²) in [4.78, 5) is 26.0. The highest BCUT2D eigenvalue weighted by molar-refractivity contribution is 7.59. The molecule has 1 aliphatic rings. The van der Waals surface area contributed by atoms with E-state index in [4.69, 9.17) is 11.6 Å². The lowest BCUT2D eigenvalue weighted by atomic mass is 9.93. The number of aliphatic hydroxyl groups is 2. The Kier molecular flexibility index (Phi) is 12.7. The van der Waals surface area contributed by atoms with Gasteiger partial charge < -0.3 is 20.8 Å². The Morgan fingerprint density at radius 1 is 1.22 bits per heavy atom. The monoisotopic (exact) mass is 554 g/mol. The smallest absolute Gasteiger partial charge is 0.272 e. The Labute approximate surface area is 230 Å². The lowest BCUT2D eigenvalue weighted by molar-refractivity contribution is 0.0911. The minimum Gasteiger partial charge on any atom is -0.394 e. The van der Waals surface area contributed by atoms with Crippen molar-refractivity contribution in [3.63, 3.8) is 0 Å². The van der Waals surface area contributed by atoms with Crippen LogP contribution in [0.15, 0.2) is 43.0 Å². The first kappa shape index (κ1) is 31.7. The molecule has 12 heteroatoms. The number of carbonyl (C=O) groups is 1. The normalized spacial score (nSPS) is 17.6. The van der Waals surface area contributed by atoms with Gasteiger partial charge in [0.25, 0.3) is 5.91 Å². The lowest BCUT2D eigenvalue weighted by Gasteiger charge is -2.26. The summed E-state index contributed by atoms with van der Waals surface area (Å²) >= 11 is 6.03. The summed E-state index contributed by atoms with van der Waals surface area (Å²) in [5.41, 5.74) is 1.73. The lowest BCUT2D eigenvalue weighted by Crippen LogP contribution is -2.31. The number of hydrogen-bond acceptors (Lipinski definition) is 7. The number of nitrogens with one attached hydrogen (secondary N) is 2. The van der Waals surface area contributed by atoms with Gasteiger partial charge >= 0.3 is 0 Å². The van der Waals surface area contributed by atoms with Gasteiger partial charge in [-0.15, -0.1) is 0 Å². The van der Waals surface area contributed by atoms with Crippen LogP contribution in [0.25, 0.3) is 5.82 Å². The number of benzene rings is 1. The molecule has 0 aliphatic heterocycles. The molecule has 1 fully saturated rings. The number of rotatable bonds is 7. The molecular weight excluding hydrogens is 520 g/mol. The fourth-order valence-corrected chi connectivity index (χ4v) is 4.11. The van der Waals surface area contributed by atoms with Crippen LogP contribution in [0.1, 0.15) is 60.8 Å². The van der Waals surface area contributed by atoms with E-state index >= 15 is 0 Å². The number of amides is 1. The quantitative estimate of drug-likeness (QED) is 0.351. The molecule has 0 unspecified atom stereocenters. The number of carbonyl (C=O) groups excluding carboxylic acids is 1. The molecule has 0 radical (unpaired) electrons. The summed E-state index contributed by atoms with van der Waals surface area (Å²) in [6, 6.07) is 6.60. The van der Waals surface area contributed by atoms with E-state index in [1.807, 2.05) is 6.92 Å². The molecular formula is C24H35ClN6O3S2.